The van der Waals surface area contributed by atoms with E-state index < -0.39 is 27.1 Å². The number of anilines is 1. The number of fused-ring (bicyclic) bond motifs is 3. The first-order valence-electron chi connectivity index (χ1n) is 9.10. The lowest BCUT2D eigenvalue weighted by Gasteiger charge is -2.28. The summed E-state index contributed by atoms with van der Waals surface area (Å²) in [4.78, 5) is 10.8. The maximum atomic E-state index is 12.8. The molecule has 0 bridgehead atoms. The summed E-state index contributed by atoms with van der Waals surface area (Å²) >= 11 is 2.04. The van der Waals surface area contributed by atoms with Gasteiger partial charge in [0, 0.05) is 13.6 Å². The number of ether oxygens (including phenoxy) is 1. The minimum Gasteiger partial charge on any atom is -0.386 e. The van der Waals surface area contributed by atoms with E-state index in [0.717, 1.165) is 11.5 Å². The maximum Gasteiger partial charge on any atom is 0.534 e. The molecule has 0 saturated carbocycles. The normalized spacial score (nSPS) is 20.8. The molecule has 0 amide bonds. The SMILES string of the molecule is CSc1nc(N2CCOC[C@@](C)(O)C2)c2c3snc(OS(=O)(=O)C(F)(F)F)c3n(C)c2n1. The van der Waals surface area contributed by atoms with Crippen LogP contribution in [0.4, 0.5) is 19.0 Å². The Hall–Kier alpha value is -1.88. The average molecular weight is 514 g/mol. The number of aryl methyl sites for hydroxylation is 1. The average Bonchev–Trinajstić information content (AvgIpc) is 3.14. The lowest BCUT2D eigenvalue weighted by molar-refractivity contribution is -0.0500. The van der Waals surface area contributed by atoms with E-state index in [9.17, 15) is 26.7 Å². The maximum absolute atomic E-state index is 12.8. The molecule has 4 rings (SSSR count). The van der Waals surface area contributed by atoms with E-state index in [0.29, 0.717) is 39.9 Å². The van der Waals surface area contributed by atoms with Crippen LogP contribution in [-0.4, -0.2) is 76.1 Å². The lowest BCUT2D eigenvalue weighted by atomic mass is 10.1. The van der Waals surface area contributed by atoms with Crippen LogP contribution in [0.3, 0.4) is 0 Å². The fourth-order valence-electron chi connectivity index (χ4n) is 3.41. The summed E-state index contributed by atoms with van der Waals surface area (Å²) in [5.41, 5.74) is -6.35. The number of hydrogen-bond acceptors (Lipinski definition) is 11. The van der Waals surface area contributed by atoms with Crippen LogP contribution < -0.4 is 9.08 Å². The molecule has 10 nitrogen and oxygen atoms in total. The number of rotatable bonds is 4. The zero-order valence-electron chi connectivity index (χ0n) is 17.0. The van der Waals surface area contributed by atoms with Crippen LogP contribution in [0.25, 0.3) is 21.3 Å². The quantitative estimate of drug-likeness (QED) is 0.240. The van der Waals surface area contributed by atoms with Gasteiger partial charge < -0.3 is 23.5 Å². The number of halogens is 3. The zero-order chi connectivity index (χ0) is 23.5. The third kappa shape index (κ3) is 3.98. The fourth-order valence-corrected chi connectivity index (χ4v) is 5.11. The number of hydrogen-bond donors (Lipinski definition) is 1. The van der Waals surface area contributed by atoms with Gasteiger partial charge in [0.15, 0.2) is 5.16 Å². The van der Waals surface area contributed by atoms with Crippen molar-refractivity contribution in [1.29, 1.82) is 0 Å². The Morgan fingerprint density at radius 2 is 2.06 bits per heavy atom. The van der Waals surface area contributed by atoms with Crippen molar-refractivity contribution < 1.29 is 35.6 Å². The van der Waals surface area contributed by atoms with Gasteiger partial charge in [0.2, 0.25) is 0 Å². The molecule has 1 saturated heterocycles. The molecule has 0 aromatic carbocycles. The van der Waals surface area contributed by atoms with Gasteiger partial charge >= 0.3 is 15.6 Å². The summed E-state index contributed by atoms with van der Waals surface area (Å²) < 4.78 is 77.0. The molecule has 32 heavy (non-hydrogen) atoms. The van der Waals surface area contributed by atoms with E-state index >= 15 is 0 Å². The molecule has 16 heteroatoms. The molecule has 0 spiro atoms. The predicted octanol–water partition coefficient (Wildman–Crippen LogP) is 2.12. The van der Waals surface area contributed by atoms with Gasteiger partial charge in [-0.3, -0.25) is 0 Å². The van der Waals surface area contributed by atoms with Gasteiger partial charge in [0.1, 0.15) is 22.6 Å². The standard InChI is InChI=1S/C16H18F3N5O5S3/c1-15(25)6-24(4-5-28-7-15)12-8-10-9(23(2)11(8)20-14(21-12)30-3)13(22-31-10)29-32(26,27)16(17,18)19/h25H,4-7H2,1-3H3/t15-/m0/s1. The summed E-state index contributed by atoms with van der Waals surface area (Å²) in [6.45, 7) is 2.67. The van der Waals surface area contributed by atoms with Gasteiger partial charge in [0.05, 0.1) is 29.8 Å². The minimum absolute atomic E-state index is 0.0458. The molecule has 176 valence electrons. The monoisotopic (exact) mass is 513 g/mol. The van der Waals surface area contributed by atoms with E-state index in [1.54, 1.807) is 13.2 Å². The Labute approximate surface area is 188 Å². The Balaban J connectivity index is 1.94. The highest BCUT2D eigenvalue weighted by Crippen LogP contribution is 2.42. The molecule has 1 atom stereocenters. The number of aromatic nitrogens is 4. The highest BCUT2D eigenvalue weighted by atomic mass is 32.2. The van der Waals surface area contributed by atoms with Crippen molar-refractivity contribution in [3.05, 3.63) is 0 Å². The van der Waals surface area contributed by atoms with Crippen molar-refractivity contribution in [2.45, 2.75) is 23.2 Å². The minimum atomic E-state index is -5.90. The zero-order valence-corrected chi connectivity index (χ0v) is 19.5. The number of β-amino-alcohol motifs (C(OH)–C–C–N with tert-alkyl or cyclic N) is 1. The largest absolute Gasteiger partial charge is 0.534 e. The smallest absolute Gasteiger partial charge is 0.386 e. The molecule has 0 unspecified atom stereocenters. The first kappa shape index (κ1) is 23.3. The Bertz CT molecular complexity index is 1290. The summed E-state index contributed by atoms with van der Waals surface area (Å²) in [6, 6.07) is 0. The lowest BCUT2D eigenvalue weighted by Crippen LogP contribution is -2.42. The Kier molecular flexibility index (Phi) is 5.72. The Morgan fingerprint density at radius 3 is 2.72 bits per heavy atom. The second-order valence-corrected chi connectivity index (χ2v) is 10.5. The summed E-state index contributed by atoms with van der Waals surface area (Å²) in [7, 11) is -4.38. The van der Waals surface area contributed by atoms with E-state index in [1.807, 2.05) is 4.90 Å². The second kappa shape index (κ2) is 7.86. The number of nitrogens with zero attached hydrogens (tertiary/aromatic N) is 5. The first-order valence-corrected chi connectivity index (χ1v) is 12.5. The van der Waals surface area contributed by atoms with Crippen LogP contribution in [0.2, 0.25) is 0 Å². The number of thioether (sulfide) groups is 1. The highest BCUT2D eigenvalue weighted by molar-refractivity contribution is 7.98. The number of aliphatic hydroxyl groups is 1. The van der Waals surface area contributed by atoms with Crippen LogP contribution in [0.1, 0.15) is 6.92 Å². The molecule has 1 fully saturated rings. The van der Waals surface area contributed by atoms with Crippen molar-refractivity contribution in [2.24, 2.45) is 7.05 Å². The van der Waals surface area contributed by atoms with Crippen molar-refractivity contribution in [1.82, 2.24) is 18.9 Å². The van der Waals surface area contributed by atoms with Gasteiger partial charge in [-0.25, -0.2) is 9.97 Å². The van der Waals surface area contributed by atoms with Crippen LogP contribution in [0.15, 0.2) is 5.16 Å². The van der Waals surface area contributed by atoms with Crippen LogP contribution >= 0.6 is 23.3 Å². The van der Waals surface area contributed by atoms with Crippen LogP contribution in [-0.2, 0) is 21.9 Å². The molecule has 3 aromatic rings. The van der Waals surface area contributed by atoms with Crippen molar-refractivity contribution in [2.75, 3.05) is 37.5 Å². The van der Waals surface area contributed by atoms with Crippen LogP contribution in [0.5, 0.6) is 5.88 Å². The molecule has 1 N–H and O–H groups in total. The van der Waals surface area contributed by atoms with E-state index in [2.05, 4.69) is 18.5 Å². The van der Waals surface area contributed by atoms with E-state index in [-0.39, 0.29) is 18.7 Å². The summed E-state index contributed by atoms with van der Waals surface area (Å²) in [5, 5.41) is 11.4. The Morgan fingerprint density at radius 1 is 1.34 bits per heavy atom. The van der Waals surface area contributed by atoms with Crippen LogP contribution in [0, 0.1) is 0 Å². The molecular weight excluding hydrogens is 495 g/mol. The predicted molar refractivity (Wildman–Crippen MR) is 113 cm³/mol. The van der Waals surface area contributed by atoms with Gasteiger partial charge in [0.25, 0.3) is 5.88 Å². The number of alkyl halides is 3. The third-order valence-corrected chi connectivity index (χ3v) is 7.10. The summed E-state index contributed by atoms with van der Waals surface area (Å²) in [5.74, 6) is -0.254. The topological polar surface area (TPSA) is 120 Å². The molecular formula is C16H18F3N5O5S3. The first-order chi connectivity index (χ1) is 14.8. The van der Waals surface area contributed by atoms with Crippen molar-refractivity contribution in [3.8, 4) is 5.88 Å². The van der Waals surface area contributed by atoms with Crippen molar-refractivity contribution in [3.63, 3.8) is 0 Å². The molecule has 0 aliphatic carbocycles. The van der Waals surface area contributed by atoms with Gasteiger partial charge in [-0.2, -0.15) is 26.0 Å². The second-order valence-electron chi connectivity index (χ2n) is 7.41. The van der Waals surface area contributed by atoms with Gasteiger partial charge in [-0.15, -0.1) is 0 Å². The van der Waals surface area contributed by atoms with E-state index in [4.69, 9.17) is 4.74 Å². The van der Waals surface area contributed by atoms with Gasteiger partial charge in [-0.1, -0.05) is 11.8 Å². The highest BCUT2D eigenvalue weighted by Gasteiger charge is 2.49. The molecule has 4 heterocycles. The van der Waals surface area contributed by atoms with Gasteiger partial charge in [-0.05, 0) is 24.7 Å². The van der Waals surface area contributed by atoms with Crippen molar-refractivity contribution >= 4 is 60.5 Å². The third-order valence-electron chi connectivity index (χ3n) is 4.77. The molecule has 1 aliphatic rings. The molecule has 3 aromatic heterocycles. The fraction of sp³-hybridized carbons (Fsp3) is 0.562. The molecule has 1 aliphatic heterocycles. The summed E-state index contributed by atoms with van der Waals surface area (Å²) in [6.07, 6.45) is 1.77. The molecule has 0 radical (unpaired) electrons. The van der Waals surface area contributed by atoms with E-state index in [1.165, 1.54) is 23.4 Å².